The lowest BCUT2D eigenvalue weighted by Crippen LogP contribution is -2.36. The minimum absolute atomic E-state index is 0.0672. The first kappa shape index (κ1) is 22.2. The molecule has 0 amide bonds. The molecule has 3 rings (SSSR count). The van der Waals surface area contributed by atoms with Gasteiger partial charge in [0.05, 0.1) is 15.9 Å². The predicted octanol–water partition coefficient (Wildman–Crippen LogP) is 3.23. The Hall–Kier alpha value is -2.49. The van der Waals surface area contributed by atoms with Crippen molar-refractivity contribution < 1.29 is 18.4 Å². The molecule has 1 aliphatic rings. The average Bonchev–Trinajstić information content (AvgIpc) is 2.72. The fraction of sp³-hybridized carbons (Fsp3) is 0.429. The van der Waals surface area contributed by atoms with E-state index < -0.39 is 21.1 Å². The van der Waals surface area contributed by atoms with Crippen LogP contribution in [-0.2, 0) is 10.0 Å². The van der Waals surface area contributed by atoms with Crippen molar-refractivity contribution in [2.75, 3.05) is 18.0 Å². The summed E-state index contributed by atoms with van der Waals surface area (Å²) in [5.41, 5.74) is 1.04. The highest BCUT2D eigenvalue weighted by Crippen LogP contribution is 2.36. The highest BCUT2D eigenvalue weighted by Gasteiger charge is 2.30. The van der Waals surface area contributed by atoms with Gasteiger partial charge in [0, 0.05) is 25.2 Å². The van der Waals surface area contributed by atoms with E-state index in [1.807, 2.05) is 35.2 Å². The normalized spacial score (nSPS) is 16.6. The van der Waals surface area contributed by atoms with Gasteiger partial charge in [-0.15, -0.1) is 0 Å². The molecule has 162 valence electrons. The third kappa shape index (κ3) is 4.97. The number of rotatable bonds is 7. The van der Waals surface area contributed by atoms with Crippen LogP contribution in [0, 0.1) is 16.0 Å². The van der Waals surface area contributed by atoms with Crippen molar-refractivity contribution in [3.63, 3.8) is 0 Å². The van der Waals surface area contributed by atoms with Crippen molar-refractivity contribution in [2.24, 2.45) is 5.92 Å². The number of aliphatic hydroxyl groups is 1. The number of hydrogen-bond acceptors (Lipinski definition) is 6. The molecule has 2 N–H and O–H groups in total. The van der Waals surface area contributed by atoms with Crippen LogP contribution in [0.3, 0.4) is 0 Å². The number of anilines is 1. The minimum atomic E-state index is -3.82. The number of piperidine rings is 1. The molecule has 9 heteroatoms. The van der Waals surface area contributed by atoms with Crippen LogP contribution in [0.1, 0.15) is 38.4 Å². The molecule has 8 nitrogen and oxygen atoms in total. The number of nitrogens with one attached hydrogen (secondary N) is 1. The van der Waals surface area contributed by atoms with Gasteiger partial charge in [-0.25, -0.2) is 13.1 Å². The number of nitro groups is 1. The minimum Gasteiger partial charge on any atom is -0.388 e. The van der Waals surface area contributed by atoms with Crippen molar-refractivity contribution in [1.82, 2.24) is 4.72 Å². The van der Waals surface area contributed by atoms with Gasteiger partial charge in [0.25, 0.3) is 5.69 Å². The van der Waals surface area contributed by atoms with Crippen LogP contribution in [0.15, 0.2) is 53.4 Å². The van der Waals surface area contributed by atoms with E-state index in [4.69, 9.17) is 0 Å². The number of nitro benzene ring substituents is 1. The van der Waals surface area contributed by atoms with Gasteiger partial charge in [-0.05, 0) is 50.3 Å². The Bertz CT molecular complexity index is 987. The number of aliphatic hydroxyl groups excluding tert-OH is 1. The lowest BCUT2D eigenvalue weighted by molar-refractivity contribution is -0.384. The second-order valence-electron chi connectivity index (χ2n) is 7.86. The Labute approximate surface area is 176 Å². The van der Waals surface area contributed by atoms with Crippen LogP contribution >= 0.6 is 0 Å². The van der Waals surface area contributed by atoms with E-state index in [0.717, 1.165) is 11.6 Å². The number of sulfonamides is 1. The largest absolute Gasteiger partial charge is 0.388 e. The molecule has 0 aromatic heterocycles. The number of nitrogens with zero attached hydrogens (tertiary/aromatic N) is 2. The van der Waals surface area contributed by atoms with Crippen molar-refractivity contribution in [2.45, 2.75) is 43.7 Å². The molecular formula is C21H27N3O5S. The molecule has 0 unspecified atom stereocenters. The molecule has 1 aliphatic heterocycles. The third-order valence-electron chi connectivity index (χ3n) is 5.31. The zero-order valence-electron chi connectivity index (χ0n) is 17.1. The molecular weight excluding hydrogens is 406 g/mol. The molecule has 2 aromatic rings. The zero-order chi connectivity index (χ0) is 21.9. The van der Waals surface area contributed by atoms with Crippen LogP contribution in [0.5, 0.6) is 0 Å². The summed E-state index contributed by atoms with van der Waals surface area (Å²) in [5.74, 6) is 0.0672. The van der Waals surface area contributed by atoms with E-state index in [9.17, 15) is 23.6 Å². The first-order valence-corrected chi connectivity index (χ1v) is 11.5. The van der Waals surface area contributed by atoms with Crippen molar-refractivity contribution >= 4 is 21.4 Å². The SMILES string of the molecule is CC(C)NS(=O)(=O)c1ccc(N2CCC([C@H](O)c3ccccc3)CC2)c([N+](=O)[O-])c1. The van der Waals surface area contributed by atoms with Crippen LogP contribution in [-0.4, -0.2) is 37.6 Å². The molecule has 0 aliphatic carbocycles. The molecule has 0 radical (unpaired) electrons. The molecule has 0 saturated carbocycles. The van der Waals surface area contributed by atoms with Crippen LogP contribution in [0.25, 0.3) is 0 Å². The first-order chi connectivity index (χ1) is 14.2. The second-order valence-corrected chi connectivity index (χ2v) is 9.58. The van der Waals surface area contributed by atoms with Gasteiger partial charge in [-0.2, -0.15) is 0 Å². The van der Waals surface area contributed by atoms with E-state index in [-0.39, 0.29) is 22.5 Å². The lowest BCUT2D eigenvalue weighted by Gasteiger charge is -2.35. The van der Waals surface area contributed by atoms with Gasteiger partial charge >= 0.3 is 0 Å². The van der Waals surface area contributed by atoms with Gasteiger partial charge in [0.1, 0.15) is 5.69 Å². The van der Waals surface area contributed by atoms with Crippen molar-refractivity contribution in [3.05, 3.63) is 64.2 Å². The first-order valence-electron chi connectivity index (χ1n) is 9.98. The summed E-state index contributed by atoms with van der Waals surface area (Å²) in [4.78, 5) is 12.9. The second kappa shape index (κ2) is 9.11. The summed E-state index contributed by atoms with van der Waals surface area (Å²) < 4.78 is 27.2. The van der Waals surface area contributed by atoms with E-state index in [2.05, 4.69) is 4.72 Å². The van der Waals surface area contributed by atoms with Gasteiger partial charge < -0.3 is 10.0 Å². The van der Waals surface area contributed by atoms with E-state index >= 15 is 0 Å². The smallest absolute Gasteiger partial charge is 0.293 e. The van der Waals surface area contributed by atoms with Gasteiger partial charge in [-0.3, -0.25) is 10.1 Å². The Morgan fingerprint density at radius 1 is 1.13 bits per heavy atom. The van der Waals surface area contributed by atoms with E-state index in [1.54, 1.807) is 13.8 Å². The fourth-order valence-corrected chi connectivity index (χ4v) is 5.11. The molecule has 0 bridgehead atoms. The quantitative estimate of drug-likeness (QED) is 0.512. The molecule has 1 saturated heterocycles. The van der Waals surface area contributed by atoms with E-state index in [0.29, 0.717) is 31.6 Å². The highest BCUT2D eigenvalue weighted by molar-refractivity contribution is 7.89. The van der Waals surface area contributed by atoms with Crippen LogP contribution in [0.2, 0.25) is 0 Å². The average molecular weight is 434 g/mol. The number of hydrogen-bond donors (Lipinski definition) is 2. The zero-order valence-corrected chi connectivity index (χ0v) is 17.9. The standard InChI is InChI=1S/C21H27N3O5S/c1-15(2)22-30(28,29)18-8-9-19(20(14-18)24(26)27)23-12-10-17(11-13-23)21(25)16-6-4-3-5-7-16/h3-9,14-15,17,21-22,25H,10-13H2,1-2H3/t21-/m1/s1. The summed E-state index contributed by atoms with van der Waals surface area (Å²) in [5, 5.41) is 22.3. The monoisotopic (exact) mass is 433 g/mol. The summed E-state index contributed by atoms with van der Waals surface area (Å²) in [6.07, 6.45) is 0.794. The Balaban J connectivity index is 1.77. The van der Waals surface area contributed by atoms with Crippen molar-refractivity contribution in [3.8, 4) is 0 Å². The van der Waals surface area contributed by atoms with Gasteiger partial charge in [0.15, 0.2) is 0 Å². The maximum atomic E-state index is 12.4. The van der Waals surface area contributed by atoms with Crippen LogP contribution < -0.4 is 9.62 Å². The molecule has 2 aromatic carbocycles. The fourth-order valence-electron chi connectivity index (χ4n) is 3.84. The lowest BCUT2D eigenvalue weighted by atomic mass is 9.87. The Morgan fingerprint density at radius 2 is 1.77 bits per heavy atom. The number of benzene rings is 2. The maximum absolute atomic E-state index is 12.4. The summed E-state index contributed by atoms with van der Waals surface area (Å²) in [7, 11) is -3.82. The highest BCUT2D eigenvalue weighted by atomic mass is 32.2. The van der Waals surface area contributed by atoms with Crippen LogP contribution in [0.4, 0.5) is 11.4 Å². The molecule has 1 heterocycles. The topological polar surface area (TPSA) is 113 Å². The summed E-state index contributed by atoms with van der Waals surface area (Å²) in [6.45, 7) is 4.47. The predicted molar refractivity (Wildman–Crippen MR) is 115 cm³/mol. The Morgan fingerprint density at radius 3 is 2.33 bits per heavy atom. The molecule has 30 heavy (non-hydrogen) atoms. The molecule has 1 atom stereocenters. The van der Waals surface area contributed by atoms with E-state index in [1.165, 1.54) is 12.1 Å². The molecule has 0 spiro atoms. The van der Waals surface area contributed by atoms with Gasteiger partial charge in [0.2, 0.25) is 10.0 Å². The summed E-state index contributed by atoms with van der Waals surface area (Å²) >= 11 is 0. The summed E-state index contributed by atoms with van der Waals surface area (Å²) in [6, 6.07) is 13.2. The van der Waals surface area contributed by atoms with Crippen molar-refractivity contribution in [1.29, 1.82) is 0 Å². The Kier molecular flexibility index (Phi) is 6.74. The third-order valence-corrected chi connectivity index (χ3v) is 6.97. The molecule has 1 fully saturated rings. The van der Waals surface area contributed by atoms with Gasteiger partial charge in [-0.1, -0.05) is 30.3 Å². The maximum Gasteiger partial charge on any atom is 0.293 e.